The lowest BCUT2D eigenvalue weighted by Crippen LogP contribution is -2.27. The fraction of sp³-hybridized carbons (Fsp3) is 0.533. The summed E-state index contributed by atoms with van der Waals surface area (Å²) in [5, 5.41) is 7.86. The summed E-state index contributed by atoms with van der Waals surface area (Å²) in [6.07, 6.45) is 0.281. The van der Waals surface area contributed by atoms with Crippen LogP contribution >= 0.6 is 0 Å². The van der Waals surface area contributed by atoms with Gasteiger partial charge in [0, 0.05) is 18.7 Å². The molecule has 2 rings (SSSR count). The lowest BCUT2D eigenvalue weighted by Gasteiger charge is -2.15. The average Bonchev–Trinajstić information content (AvgIpc) is 3.00. The van der Waals surface area contributed by atoms with Crippen LogP contribution in [0, 0.1) is 13.8 Å². The topological polar surface area (TPSA) is 72.4 Å². The molecular weight excluding hydrogens is 270 g/mol. The zero-order chi connectivity index (χ0) is 15.6. The van der Waals surface area contributed by atoms with Crippen molar-refractivity contribution in [3.63, 3.8) is 0 Å². The molecule has 0 bridgehead atoms. The highest BCUT2D eigenvalue weighted by molar-refractivity contribution is 5.78. The summed E-state index contributed by atoms with van der Waals surface area (Å²) in [6, 6.07) is 1.89. The summed E-state index contributed by atoms with van der Waals surface area (Å²) >= 11 is 0. The molecule has 0 N–H and O–H groups in total. The van der Waals surface area contributed by atoms with Crippen molar-refractivity contribution in [3.05, 3.63) is 34.5 Å². The van der Waals surface area contributed by atoms with Gasteiger partial charge in [-0.1, -0.05) is 24.2 Å². The third-order valence-electron chi connectivity index (χ3n) is 3.50. The Morgan fingerprint density at radius 2 is 2.00 bits per heavy atom. The number of hydrogen-bond donors (Lipinski definition) is 0. The Hall–Kier alpha value is -2.11. The first kappa shape index (κ1) is 15.3. The number of carbonyl (C=O) groups excluding carboxylic acids is 1. The summed E-state index contributed by atoms with van der Waals surface area (Å²) in [5.41, 5.74) is 2.51. The Morgan fingerprint density at radius 1 is 1.29 bits per heavy atom. The predicted molar refractivity (Wildman–Crippen MR) is 76.7 cm³/mol. The lowest BCUT2D eigenvalue weighted by molar-refractivity contribution is -0.130. The number of carbonyl (C=O) groups is 1. The molecule has 0 fully saturated rings. The molecule has 0 radical (unpaired) electrons. The van der Waals surface area contributed by atoms with Gasteiger partial charge in [0.05, 0.1) is 24.4 Å². The van der Waals surface area contributed by atoms with Gasteiger partial charge < -0.3 is 13.9 Å². The van der Waals surface area contributed by atoms with Crippen molar-refractivity contribution in [1.29, 1.82) is 0 Å². The van der Waals surface area contributed by atoms with Crippen LogP contribution in [0.15, 0.2) is 15.1 Å². The van der Waals surface area contributed by atoms with Crippen LogP contribution in [0.2, 0.25) is 0 Å². The summed E-state index contributed by atoms with van der Waals surface area (Å²) < 4.78 is 10.3. The third-order valence-corrected chi connectivity index (χ3v) is 3.50. The molecule has 0 saturated carbocycles. The van der Waals surface area contributed by atoms with E-state index in [1.54, 1.807) is 11.9 Å². The highest BCUT2D eigenvalue weighted by Gasteiger charge is 2.18. The molecule has 2 aromatic rings. The van der Waals surface area contributed by atoms with E-state index in [0.29, 0.717) is 24.0 Å². The summed E-state index contributed by atoms with van der Waals surface area (Å²) in [4.78, 5) is 13.9. The van der Waals surface area contributed by atoms with Gasteiger partial charge in [0.25, 0.3) is 0 Å². The SMILES string of the molecule is Cc1noc(C)c1CC(=O)N(C)Cc1cc(C(C)C)no1. The van der Waals surface area contributed by atoms with E-state index < -0.39 is 0 Å². The number of aryl methyl sites for hydroxylation is 2. The fourth-order valence-corrected chi connectivity index (χ4v) is 2.04. The van der Waals surface area contributed by atoms with E-state index in [1.165, 1.54) is 0 Å². The van der Waals surface area contributed by atoms with Gasteiger partial charge in [-0.05, 0) is 19.8 Å². The lowest BCUT2D eigenvalue weighted by atomic mass is 10.1. The van der Waals surface area contributed by atoms with Crippen molar-refractivity contribution in [2.24, 2.45) is 0 Å². The van der Waals surface area contributed by atoms with Gasteiger partial charge in [0.1, 0.15) is 5.76 Å². The van der Waals surface area contributed by atoms with Crippen molar-refractivity contribution in [2.45, 2.75) is 46.6 Å². The quantitative estimate of drug-likeness (QED) is 0.846. The molecule has 0 atom stereocenters. The number of likely N-dealkylation sites (N-methyl/N-ethyl adjacent to an activating group) is 1. The zero-order valence-corrected chi connectivity index (χ0v) is 13.1. The molecule has 6 heteroatoms. The van der Waals surface area contributed by atoms with Crippen LogP contribution < -0.4 is 0 Å². The Bertz CT molecular complexity index is 608. The second-order valence-electron chi connectivity index (χ2n) is 5.60. The molecular formula is C15H21N3O3. The van der Waals surface area contributed by atoms with Gasteiger partial charge >= 0.3 is 0 Å². The second-order valence-corrected chi connectivity index (χ2v) is 5.60. The zero-order valence-electron chi connectivity index (χ0n) is 13.1. The maximum atomic E-state index is 12.3. The first-order valence-electron chi connectivity index (χ1n) is 6.99. The van der Waals surface area contributed by atoms with Gasteiger partial charge in [0.15, 0.2) is 5.76 Å². The normalized spacial score (nSPS) is 11.1. The minimum Gasteiger partial charge on any atom is -0.361 e. The molecule has 0 aliphatic carbocycles. The van der Waals surface area contributed by atoms with Crippen LogP contribution in [0.4, 0.5) is 0 Å². The molecule has 2 heterocycles. The second kappa shape index (κ2) is 6.11. The van der Waals surface area contributed by atoms with Crippen LogP contribution in [0.3, 0.4) is 0 Å². The summed E-state index contributed by atoms with van der Waals surface area (Å²) in [7, 11) is 1.75. The van der Waals surface area contributed by atoms with Crippen molar-refractivity contribution >= 4 is 5.91 Å². The van der Waals surface area contributed by atoms with Crippen molar-refractivity contribution in [2.75, 3.05) is 7.05 Å². The van der Waals surface area contributed by atoms with Gasteiger partial charge in [-0.3, -0.25) is 4.79 Å². The molecule has 2 aromatic heterocycles. The highest BCUT2D eigenvalue weighted by Crippen LogP contribution is 2.17. The molecule has 114 valence electrons. The first-order valence-corrected chi connectivity index (χ1v) is 6.99. The van der Waals surface area contributed by atoms with Crippen molar-refractivity contribution in [3.8, 4) is 0 Å². The Morgan fingerprint density at radius 3 is 2.52 bits per heavy atom. The van der Waals surface area contributed by atoms with Crippen molar-refractivity contribution < 1.29 is 13.8 Å². The van der Waals surface area contributed by atoms with E-state index in [9.17, 15) is 4.79 Å². The minimum absolute atomic E-state index is 0.00750. The average molecular weight is 291 g/mol. The van der Waals surface area contributed by atoms with E-state index in [-0.39, 0.29) is 12.3 Å². The molecule has 0 aromatic carbocycles. The summed E-state index contributed by atoms with van der Waals surface area (Å²) in [6.45, 7) is 8.16. The van der Waals surface area contributed by atoms with Crippen molar-refractivity contribution in [1.82, 2.24) is 15.2 Å². The predicted octanol–water partition coefficient (Wildman–Crippen LogP) is 2.60. The van der Waals surface area contributed by atoms with E-state index in [2.05, 4.69) is 10.3 Å². The number of nitrogens with zero attached hydrogens (tertiary/aromatic N) is 3. The maximum absolute atomic E-state index is 12.3. The van der Waals surface area contributed by atoms with Crippen LogP contribution in [0.1, 0.15) is 48.2 Å². The van der Waals surface area contributed by atoms with Crippen LogP contribution in [0.5, 0.6) is 0 Å². The van der Waals surface area contributed by atoms with Gasteiger partial charge in [0.2, 0.25) is 5.91 Å². The number of hydrogen-bond acceptors (Lipinski definition) is 5. The van der Waals surface area contributed by atoms with E-state index in [1.807, 2.05) is 33.8 Å². The molecule has 0 saturated heterocycles. The first-order chi connectivity index (χ1) is 9.88. The van der Waals surface area contributed by atoms with Crippen LogP contribution in [0.25, 0.3) is 0 Å². The molecule has 6 nitrogen and oxygen atoms in total. The molecule has 0 aliphatic heterocycles. The van der Waals surface area contributed by atoms with Gasteiger partial charge in [-0.25, -0.2) is 0 Å². The molecule has 0 aliphatic rings. The molecule has 0 spiro atoms. The van der Waals surface area contributed by atoms with E-state index in [4.69, 9.17) is 9.05 Å². The van der Waals surface area contributed by atoms with E-state index in [0.717, 1.165) is 17.0 Å². The Labute approximate surface area is 124 Å². The van der Waals surface area contributed by atoms with Crippen LogP contribution in [-0.2, 0) is 17.8 Å². The van der Waals surface area contributed by atoms with Gasteiger partial charge in [-0.15, -0.1) is 0 Å². The standard InChI is InChI=1S/C15H21N3O3/c1-9(2)14-6-12(21-17-14)8-18(5)15(19)7-13-10(3)16-20-11(13)4/h6,9H,7-8H2,1-5H3. The maximum Gasteiger partial charge on any atom is 0.227 e. The smallest absolute Gasteiger partial charge is 0.227 e. The Kier molecular flexibility index (Phi) is 4.45. The molecule has 1 amide bonds. The largest absolute Gasteiger partial charge is 0.361 e. The Balaban J connectivity index is 1.99. The summed E-state index contributed by atoms with van der Waals surface area (Å²) in [5.74, 6) is 1.68. The number of amides is 1. The number of aromatic nitrogens is 2. The number of rotatable bonds is 5. The van der Waals surface area contributed by atoms with Crippen LogP contribution in [-0.4, -0.2) is 28.2 Å². The fourth-order valence-electron chi connectivity index (χ4n) is 2.04. The highest BCUT2D eigenvalue weighted by atomic mass is 16.5. The minimum atomic E-state index is -0.00750. The van der Waals surface area contributed by atoms with E-state index >= 15 is 0 Å². The molecule has 21 heavy (non-hydrogen) atoms. The van der Waals surface area contributed by atoms with Gasteiger partial charge in [-0.2, -0.15) is 0 Å². The molecule has 0 unspecified atom stereocenters. The monoisotopic (exact) mass is 291 g/mol. The third kappa shape index (κ3) is 3.51.